The van der Waals surface area contributed by atoms with Crippen LogP contribution in [-0.4, -0.2) is 43.6 Å². The Morgan fingerprint density at radius 1 is 1.23 bits per heavy atom. The van der Waals surface area contributed by atoms with Crippen LogP contribution in [0.1, 0.15) is 36.0 Å². The molecule has 22 heavy (non-hydrogen) atoms. The van der Waals surface area contributed by atoms with Gasteiger partial charge in [0.05, 0.1) is 12.2 Å². The molecule has 1 aliphatic carbocycles. The maximum atomic E-state index is 12.7. The number of nitrogens with zero attached hydrogens (tertiary/aromatic N) is 1. The highest BCUT2D eigenvalue weighted by Gasteiger charge is 2.26. The van der Waals surface area contributed by atoms with Crippen molar-refractivity contribution in [1.82, 2.24) is 10.2 Å². The normalized spacial score (nSPS) is 18.7. The number of hydrogen-bond donors (Lipinski definition) is 1. The van der Waals surface area contributed by atoms with Crippen LogP contribution in [0, 0.1) is 5.92 Å². The molecule has 1 N–H and O–H groups in total. The lowest BCUT2D eigenvalue weighted by molar-refractivity contribution is 0.0702. The molecule has 0 unspecified atom stereocenters. The second kappa shape index (κ2) is 7.84. The van der Waals surface area contributed by atoms with E-state index in [4.69, 9.17) is 4.74 Å². The molecule has 1 heterocycles. The van der Waals surface area contributed by atoms with Crippen molar-refractivity contribution >= 4 is 18.3 Å². The number of halogens is 1. The molecule has 2 aliphatic rings. The molecule has 122 valence electrons. The Morgan fingerprint density at radius 3 is 2.55 bits per heavy atom. The molecule has 0 spiro atoms. The van der Waals surface area contributed by atoms with Crippen LogP contribution in [0.5, 0.6) is 5.75 Å². The summed E-state index contributed by atoms with van der Waals surface area (Å²) in [6, 6.07) is 8.18. The van der Waals surface area contributed by atoms with Gasteiger partial charge in [-0.05, 0) is 50.8 Å². The summed E-state index contributed by atoms with van der Waals surface area (Å²) in [4.78, 5) is 14.7. The molecule has 1 aliphatic heterocycles. The molecule has 3 rings (SSSR count). The Balaban J connectivity index is 0.00000176. The van der Waals surface area contributed by atoms with Crippen molar-refractivity contribution in [3.63, 3.8) is 0 Å². The number of rotatable bonds is 5. The van der Waals surface area contributed by atoms with Crippen molar-refractivity contribution in [2.45, 2.75) is 31.7 Å². The summed E-state index contributed by atoms with van der Waals surface area (Å²) in [6.45, 7) is 2.38. The molecule has 5 heteroatoms. The van der Waals surface area contributed by atoms with Gasteiger partial charge in [0, 0.05) is 19.1 Å². The SMILES string of the molecule is CNC1CCN(C(=O)c2ccccc2OCC2CC2)CC1.Cl. The first-order chi connectivity index (χ1) is 10.3. The van der Waals surface area contributed by atoms with E-state index in [1.807, 2.05) is 36.2 Å². The second-order valence-corrected chi connectivity index (χ2v) is 6.11. The van der Waals surface area contributed by atoms with Gasteiger partial charge < -0.3 is 15.0 Å². The Morgan fingerprint density at radius 2 is 1.91 bits per heavy atom. The monoisotopic (exact) mass is 324 g/mol. The topological polar surface area (TPSA) is 41.6 Å². The second-order valence-electron chi connectivity index (χ2n) is 6.11. The van der Waals surface area contributed by atoms with Crippen molar-refractivity contribution < 1.29 is 9.53 Å². The van der Waals surface area contributed by atoms with Crippen molar-refractivity contribution in [2.75, 3.05) is 26.7 Å². The van der Waals surface area contributed by atoms with E-state index in [-0.39, 0.29) is 18.3 Å². The molecule has 1 aromatic carbocycles. The molecule has 2 fully saturated rings. The lowest BCUT2D eigenvalue weighted by atomic mass is 10.0. The van der Waals surface area contributed by atoms with E-state index in [2.05, 4.69) is 5.32 Å². The molecular formula is C17H25ClN2O2. The first-order valence-electron chi connectivity index (χ1n) is 7.96. The van der Waals surface area contributed by atoms with Gasteiger partial charge in [-0.2, -0.15) is 0 Å². The van der Waals surface area contributed by atoms with Crippen LogP contribution < -0.4 is 10.1 Å². The van der Waals surface area contributed by atoms with E-state index in [1.165, 1.54) is 12.8 Å². The van der Waals surface area contributed by atoms with Crippen LogP contribution in [0.15, 0.2) is 24.3 Å². The number of piperidine rings is 1. The third-order valence-corrected chi connectivity index (χ3v) is 4.48. The number of hydrogen-bond acceptors (Lipinski definition) is 3. The van der Waals surface area contributed by atoms with Gasteiger partial charge in [-0.25, -0.2) is 0 Å². The third kappa shape index (κ3) is 4.14. The predicted octanol–water partition coefficient (Wildman–Crippen LogP) is 2.72. The van der Waals surface area contributed by atoms with Gasteiger partial charge in [-0.1, -0.05) is 12.1 Å². The first kappa shape index (κ1) is 17.1. The molecule has 1 saturated heterocycles. The average molecular weight is 325 g/mol. The minimum atomic E-state index is 0. The maximum Gasteiger partial charge on any atom is 0.257 e. The number of amides is 1. The smallest absolute Gasteiger partial charge is 0.257 e. The molecule has 4 nitrogen and oxygen atoms in total. The van der Waals surface area contributed by atoms with Gasteiger partial charge in [-0.3, -0.25) is 4.79 Å². The molecule has 1 amide bonds. The summed E-state index contributed by atoms with van der Waals surface area (Å²) in [7, 11) is 1.99. The van der Waals surface area contributed by atoms with E-state index in [9.17, 15) is 4.79 Å². The van der Waals surface area contributed by atoms with Crippen LogP contribution >= 0.6 is 12.4 Å². The summed E-state index contributed by atoms with van der Waals surface area (Å²) < 4.78 is 5.86. The third-order valence-electron chi connectivity index (χ3n) is 4.48. The Kier molecular flexibility index (Phi) is 6.09. The van der Waals surface area contributed by atoms with Crippen LogP contribution in [0.25, 0.3) is 0 Å². The van der Waals surface area contributed by atoms with Crippen LogP contribution in [0.3, 0.4) is 0 Å². The van der Waals surface area contributed by atoms with Gasteiger partial charge in [0.25, 0.3) is 5.91 Å². The minimum absolute atomic E-state index is 0. The summed E-state index contributed by atoms with van der Waals surface area (Å²) in [6.07, 6.45) is 4.56. The van der Waals surface area contributed by atoms with Gasteiger partial charge >= 0.3 is 0 Å². The van der Waals surface area contributed by atoms with Crippen molar-refractivity contribution in [1.29, 1.82) is 0 Å². The fraction of sp³-hybridized carbons (Fsp3) is 0.588. The van der Waals surface area contributed by atoms with E-state index in [0.29, 0.717) is 17.5 Å². The van der Waals surface area contributed by atoms with E-state index >= 15 is 0 Å². The van der Waals surface area contributed by atoms with Crippen LogP contribution in [0.4, 0.5) is 0 Å². The number of ether oxygens (including phenoxy) is 1. The molecule has 1 aromatic rings. The van der Waals surface area contributed by atoms with E-state index in [1.54, 1.807) is 0 Å². The lowest BCUT2D eigenvalue weighted by Gasteiger charge is -2.32. The number of para-hydroxylation sites is 1. The van der Waals surface area contributed by atoms with Gasteiger partial charge in [0.2, 0.25) is 0 Å². The zero-order chi connectivity index (χ0) is 14.7. The molecule has 0 bridgehead atoms. The molecule has 0 aromatic heterocycles. The number of likely N-dealkylation sites (tertiary alicyclic amines) is 1. The maximum absolute atomic E-state index is 12.7. The minimum Gasteiger partial charge on any atom is -0.492 e. The highest BCUT2D eigenvalue weighted by molar-refractivity contribution is 5.97. The van der Waals surface area contributed by atoms with Crippen molar-refractivity contribution in [3.8, 4) is 5.75 Å². The molecule has 0 radical (unpaired) electrons. The van der Waals surface area contributed by atoms with E-state index < -0.39 is 0 Å². The van der Waals surface area contributed by atoms with Gasteiger partial charge in [-0.15, -0.1) is 12.4 Å². The predicted molar refractivity (Wildman–Crippen MR) is 89.9 cm³/mol. The summed E-state index contributed by atoms with van der Waals surface area (Å²) in [5.74, 6) is 1.54. The fourth-order valence-corrected chi connectivity index (χ4v) is 2.80. The lowest BCUT2D eigenvalue weighted by Crippen LogP contribution is -2.44. The number of benzene rings is 1. The molecular weight excluding hydrogens is 300 g/mol. The van der Waals surface area contributed by atoms with Crippen LogP contribution in [-0.2, 0) is 0 Å². The van der Waals surface area contributed by atoms with Crippen molar-refractivity contribution in [3.05, 3.63) is 29.8 Å². The van der Waals surface area contributed by atoms with Crippen LogP contribution in [0.2, 0.25) is 0 Å². The zero-order valence-electron chi connectivity index (χ0n) is 13.1. The fourth-order valence-electron chi connectivity index (χ4n) is 2.80. The average Bonchev–Trinajstić information content (AvgIpc) is 3.37. The van der Waals surface area contributed by atoms with Gasteiger partial charge in [0.1, 0.15) is 5.75 Å². The quantitative estimate of drug-likeness (QED) is 0.905. The van der Waals surface area contributed by atoms with E-state index in [0.717, 1.165) is 38.3 Å². The summed E-state index contributed by atoms with van der Waals surface area (Å²) >= 11 is 0. The Hall–Kier alpha value is -1.26. The molecule has 0 atom stereocenters. The zero-order valence-corrected chi connectivity index (χ0v) is 13.9. The summed E-state index contributed by atoms with van der Waals surface area (Å²) in [5.41, 5.74) is 0.709. The van der Waals surface area contributed by atoms with Gasteiger partial charge in [0.15, 0.2) is 0 Å². The first-order valence-corrected chi connectivity index (χ1v) is 7.96. The van der Waals surface area contributed by atoms with Crippen molar-refractivity contribution in [2.24, 2.45) is 5.92 Å². The number of nitrogens with one attached hydrogen (secondary N) is 1. The summed E-state index contributed by atoms with van der Waals surface area (Å²) in [5, 5.41) is 3.29. The Bertz CT molecular complexity index is 497. The largest absolute Gasteiger partial charge is 0.492 e. The molecule has 1 saturated carbocycles. The highest BCUT2D eigenvalue weighted by Crippen LogP contribution is 2.30. The standard InChI is InChI=1S/C17H24N2O2.ClH/c1-18-14-8-10-19(11-9-14)17(20)15-4-2-3-5-16(15)21-12-13-6-7-13;/h2-5,13-14,18H,6-12H2,1H3;1H. The number of carbonyl (C=O) groups excluding carboxylic acids is 1. The number of carbonyl (C=O) groups is 1. The Labute approximate surface area is 138 Å². The highest BCUT2D eigenvalue weighted by atomic mass is 35.5.